The van der Waals surface area contributed by atoms with E-state index in [2.05, 4.69) is 78.7 Å². The molecule has 6 aromatic carbocycles. The molecule has 0 unspecified atom stereocenters. The van der Waals surface area contributed by atoms with Crippen LogP contribution in [0.3, 0.4) is 0 Å². The molecule has 0 bridgehead atoms. The van der Waals surface area contributed by atoms with Crippen LogP contribution in [-0.4, -0.2) is 64.8 Å². The van der Waals surface area contributed by atoms with Gasteiger partial charge in [-0.3, -0.25) is 0 Å². The molecule has 6 nitrogen and oxygen atoms in total. The van der Waals surface area contributed by atoms with Crippen LogP contribution in [0.5, 0.6) is 17.2 Å². The summed E-state index contributed by atoms with van der Waals surface area (Å²) in [6.07, 6.45) is 0. The van der Waals surface area contributed by atoms with E-state index in [4.69, 9.17) is 4.74 Å². The van der Waals surface area contributed by atoms with Gasteiger partial charge < -0.3 is 18.8 Å². The number of nitrogens with zero attached hydrogens (tertiary/aromatic N) is 2. The van der Waals surface area contributed by atoms with Crippen LogP contribution in [0, 0.1) is 0 Å². The van der Waals surface area contributed by atoms with Crippen molar-refractivity contribution in [3.05, 3.63) is 151 Å². The van der Waals surface area contributed by atoms with Gasteiger partial charge in [0.1, 0.15) is 30.3 Å². The SMILES string of the molecule is C[N+](C)(C)Cc1ccc(-c2cccc(S(=O)(=O)c3ccc(Oc4ccc(-c5ccc(O)cc5)cc4)c(-c4ccc(C[N+](C)(C)C)cc4)c3)c2)cc1. The quantitative estimate of drug-likeness (QED) is 0.137. The lowest BCUT2D eigenvalue weighted by Gasteiger charge is -2.24. The molecule has 0 amide bonds. The Kier molecular flexibility index (Phi) is 9.91. The molecular weight excluding hydrogens is 653 g/mol. The molecule has 0 aliphatic rings. The Bertz CT molecular complexity index is 2230. The molecule has 260 valence electrons. The largest absolute Gasteiger partial charge is 0.508 e. The number of sulfone groups is 1. The second-order valence-electron chi connectivity index (χ2n) is 15.2. The van der Waals surface area contributed by atoms with Crippen molar-refractivity contribution in [3.8, 4) is 50.6 Å². The van der Waals surface area contributed by atoms with Gasteiger partial charge in [0.25, 0.3) is 0 Å². The topological polar surface area (TPSA) is 63.6 Å². The van der Waals surface area contributed by atoms with Gasteiger partial charge in [0.05, 0.1) is 52.1 Å². The number of phenolic OH excluding ortho intramolecular Hbond substituents is 1. The zero-order valence-corrected chi connectivity index (χ0v) is 31.0. The number of ether oxygens (including phenoxy) is 1. The summed E-state index contributed by atoms with van der Waals surface area (Å²) in [6, 6.07) is 43.6. The number of hydrogen-bond donors (Lipinski definition) is 1. The van der Waals surface area contributed by atoms with E-state index >= 15 is 0 Å². The minimum atomic E-state index is -3.87. The maximum atomic E-state index is 14.2. The predicted molar refractivity (Wildman–Crippen MR) is 206 cm³/mol. The Hall–Kier alpha value is -5.21. The highest BCUT2D eigenvalue weighted by molar-refractivity contribution is 7.91. The Morgan fingerprint density at radius 1 is 0.510 bits per heavy atom. The molecule has 0 aliphatic heterocycles. The van der Waals surface area contributed by atoms with Crippen LogP contribution in [-0.2, 0) is 22.9 Å². The summed E-state index contributed by atoms with van der Waals surface area (Å²) in [6.45, 7) is 1.76. The second-order valence-corrected chi connectivity index (χ2v) is 17.1. The third-order valence-corrected chi connectivity index (χ3v) is 10.3. The first-order valence-corrected chi connectivity index (χ1v) is 18.5. The van der Waals surface area contributed by atoms with E-state index in [1.165, 1.54) is 11.1 Å². The van der Waals surface area contributed by atoms with E-state index < -0.39 is 9.84 Å². The average molecular weight is 699 g/mol. The number of benzene rings is 6. The highest BCUT2D eigenvalue weighted by Crippen LogP contribution is 2.38. The number of quaternary nitrogens is 2. The number of phenols is 1. The first kappa shape index (κ1) is 35.6. The maximum Gasteiger partial charge on any atom is 0.206 e. The van der Waals surface area contributed by atoms with Crippen molar-refractivity contribution in [3.63, 3.8) is 0 Å². The molecular formula is C44H46N2O4S+2. The zero-order chi connectivity index (χ0) is 36.4. The molecule has 0 aliphatic carbocycles. The number of hydrogen-bond acceptors (Lipinski definition) is 4. The molecule has 0 atom stereocenters. The maximum absolute atomic E-state index is 14.2. The molecule has 0 heterocycles. The molecule has 0 aromatic heterocycles. The molecule has 6 rings (SSSR count). The molecule has 0 radical (unpaired) electrons. The van der Waals surface area contributed by atoms with Crippen molar-refractivity contribution in [1.82, 2.24) is 0 Å². The number of rotatable bonds is 11. The Morgan fingerprint density at radius 3 is 1.53 bits per heavy atom. The van der Waals surface area contributed by atoms with E-state index in [9.17, 15) is 13.5 Å². The minimum absolute atomic E-state index is 0.193. The van der Waals surface area contributed by atoms with Crippen molar-refractivity contribution >= 4 is 9.84 Å². The summed E-state index contributed by atoms with van der Waals surface area (Å²) in [4.78, 5) is 0.427. The van der Waals surface area contributed by atoms with Gasteiger partial charge in [0, 0.05) is 16.7 Å². The summed E-state index contributed by atoms with van der Waals surface area (Å²) in [5.74, 6) is 1.39. The molecule has 51 heavy (non-hydrogen) atoms. The average Bonchev–Trinajstić information content (AvgIpc) is 3.08. The van der Waals surface area contributed by atoms with Crippen LogP contribution in [0.4, 0.5) is 0 Å². The van der Waals surface area contributed by atoms with Crippen LogP contribution in [0.25, 0.3) is 33.4 Å². The molecule has 0 spiro atoms. The van der Waals surface area contributed by atoms with Gasteiger partial charge in [-0.15, -0.1) is 0 Å². The van der Waals surface area contributed by atoms with Crippen molar-refractivity contribution in [2.24, 2.45) is 0 Å². The fourth-order valence-electron chi connectivity index (χ4n) is 6.15. The van der Waals surface area contributed by atoms with Crippen molar-refractivity contribution in [2.45, 2.75) is 22.9 Å². The highest BCUT2D eigenvalue weighted by Gasteiger charge is 2.22. The van der Waals surface area contributed by atoms with Gasteiger partial charge in [-0.2, -0.15) is 0 Å². The molecule has 0 saturated heterocycles. The molecule has 6 aromatic rings. The second kappa shape index (κ2) is 14.2. The zero-order valence-electron chi connectivity index (χ0n) is 30.2. The van der Waals surface area contributed by atoms with Gasteiger partial charge in [-0.1, -0.05) is 84.9 Å². The lowest BCUT2D eigenvalue weighted by atomic mass is 10.0. The van der Waals surface area contributed by atoms with Crippen molar-refractivity contribution in [2.75, 3.05) is 42.3 Å². The first-order valence-electron chi connectivity index (χ1n) is 17.0. The van der Waals surface area contributed by atoms with Gasteiger partial charge in [-0.25, -0.2) is 8.42 Å². The van der Waals surface area contributed by atoms with Crippen molar-refractivity contribution in [1.29, 1.82) is 0 Å². The fourth-order valence-corrected chi connectivity index (χ4v) is 7.49. The van der Waals surface area contributed by atoms with Gasteiger partial charge >= 0.3 is 0 Å². The van der Waals surface area contributed by atoms with Crippen molar-refractivity contribution < 1.29 is 27.2 Å². The third kappa shape index (κ3) is 8.94. The van der Waals surface area contributed by atoms with Crippen LogP contribution in [0.2, 0.25) is 0 Å². The van der Waals surface area contributed by atoms with Gasteiger partial charge in [0.2, 0.25) is 9.84 Å². The third-order valence-electron chi connectivity index (χ3n) is 8.55. The summed E-state index contributed by atoms with van der Waals surface area (Å²) < 4.78 is 36.5. The Balaban J connectivity index is 1.34. The van der Waals surface area contributed by atoms with Gasteiger partial charge in [-0.05, 0) is 82.4 Å². The number of aromatic hydroxyl groups is 1. The first-order chi connectivity index (χ1) is 24.1. The van der Waals surface area contributed by atoms with Crippen LogP contribution in [0.1, 0.15) is 11.1 Å². The Morgan fingerprint density at radius 2 is 0.980 bits per heavy atom. The van der Waals surface area contributed by atoms with Crippen LogP contribution in [0.15, 0.2) is 149 Å². The van der Waals surface area contributed by atoms with Gasteiger partial charge in [0.15, 0.2) is 0 Å². The predicted octanol–water partition coefficient (Wildman–Crippen LogP) is 9.43. The molecule has 1 N–H and O–H groups in total. The summed E-state index contributed by atoms with van der Waals surface area (Å²) in [5, 5.41) is 9.67. The standard InChI is InChI=1S/C44H45N2O4S/c1-45(2,3)30-32-10-14-36(15-11-32)38-8-7-9-41(28-38)51(48,49)42-26-27-44(43(29-42)37-16-12-33(13-17-37)31-46(4,5)6)50-40-24-20-35(21-25-40)34-18-22-39(47)23-19-34/h7-29H,30-31H2,1-6H3/q+1/p+1. The highest BCUT2D eigenvalue weighted by atomic mass is 32.2. The summed E-state index contributed by atoms with van der Waals surface area (Å²) >= 11 is 0. The van der Waals surface area contributed by atoms with E-state index in [1.807, 2.05) is 54.6 Å². The monoisotopic (exact) mass is 698 g/mol. The van der Waals surface area contributed by atoms with E-state index in [1.54, 1.807) is 48.5 Å². The normalized spacial score (nSPS) is 12.1. The van der Waals surface area contributed by atoms with E-state index in [0.717, 1.165) is 49.9 Å². The molecule has 0 saturated carbocycles. The van der Waals surface area contributed by atoms with E-state index in [0.29, 0.717) is 17.1 Å². The molecule has 0 fully saturated rings. The minimum Gasteiger partial charge on any atom is -0.508 e. The van der Waals surface area contributed by atoms with Crippen LogP contribution >= 0.6 is 0 Å². The molecule has 7 heteroatoms. The van der Waals surface area contributed by atoms with Crippen LogP contribution < -0.4 is 4.74 Å². The van der Waals surface area contributed by atoms with E-state index in [-0.39, 0.29) is 15.5 Å². The summed E-state index contributed by atoms with van der Waals surface area (Å²) in [7, 11) is 9.05. The fraction of sp³-hybridized carbons (Fsp3) is 0.182. The summed E-state index contributed by atoms with van der Waals surface area (Å²) in [5.41, 5.74) is 7.72. The lowest BCUT2D eigenvalue weighted by molar-refractivity contribution is -0.884. The Labute approximate surface area is 302 Å². The lowest BCUT2D eigenvalue weighted by Crippen LogP contribution is -2.33. The smallest absolute Gasteiger partial charge is 0.206 e.